The molecule has 2 aromatic carbocycles. The molecule has 0 radical (unpaired) electrons. The highest BCUT2D eigenvalue weighted by molar-refractivity contribution is 5.29. The SMILES string of the molecule is c1ccc(COc2cccc(CN3CCc4nnc(C5CCCO5)n4CC3)c2)cc1. The van der Waals surface area contributed by atoms with Gasteiger partial charge >= 0.3 is 0 Å². The van der Waals surface area contributed by atoms with Crippen LogP contribution in [0, 0.1) is 0 Å². The summed E-state index contributed by atoms with van der Waals surface area (Å²) in [6.45, 7) is 5.23. The Kier molecular flexibility index (Phi) is 5.77. The van der Waals surface area contributed by atoms with Crippen LogP contribution in [0.2, 0.25) is 0 Å². The zero-order chi connectivity index (χ0) is 20.2. The predicted molar refractivity (Wildman–Crippen MR) is 114 cm³/mol. The molecule has 6 heteroatoms. The van der Waals surface area contributed by atoms with E-state index in [9.17, 15) is 0 Å². The summed E-state index contributed by atoms with van der Waals surface area (Å²) >= 11 is 0. The van der Waals surface area contributed by atoms with Gasteiger partial charge in [0.15, 0.2) is 5.82 Å². The van der Waals surface area contributed by atoms with Crippen LogP contribution in [0.25, 0.3) is 0 Å². The molecule has 1 aromatic heterocycles. The summed E-state index contributed by atoms with van der Waals surface area (Å²) < 4.78 is 14.1. The number of nitrogens with zero attached hydrogens (tertiary/aromatic N) is 4. The Balaban J connectivity index is 1.20. The fourth-order valence-corrected chi connectivity index (χ4v) is 4.30. The van der Waals surface area contributed by atoms with Crippen LogP contribution >= 0.6 is 0 Å². The van der Waals surface area contributed by atoms with Crippen LogP contribution < -0.4 is 4.74 Å². The normalized spacial score (nSPS) is 19.4. The van der Waals surface area contributed by atoms with Crippen LogP contribution in [-0.2, 0) is 30.9 Å². The summed E-state index contributed by atoms with van der Waals surface area (Å²) in [5.74, 6) is 3.02. The second-order valence-electron chi connectivity index (χ2n) is 8.08. The molecule has 0 amide bonds. The van der Waals surface area contributed by atoms with Gasteiger partial charge in [-0.25, -0.2) is 0 Å². The molecule has 0 aliphatic carbocycles. The molecule has 5 rings (SSSR count). The zero-order valence-corrected chi connectivity index (χ0v) is 17.2. The van der Waals surface area contributed by atoms with Crippen molar-refractivity contribution < 1.29 is 9.47 Å². The first-order valence-electron chi connectivity index (χ1n) is 10.9. The minimum Gasteiger partial charge on any atom is -0.489 e. The third-order valence-electron chi connectivity index (χ3n) is 5.92. The Morgan fingerprint density at radius 2 is 1.87 bits per heavy atom. The number of hydrogen-bond acceptors (Lipinski definition) is 5. The maximum absolute atomic E-state index is 6.00. The first kappa shape index (κ1) is 19.3. The Hall–Kier alpha value is -2.70. The Morgan fingerprint density at radius 3 is 2.73 bits per heavy atom. The number of ether oxygens (including phenoxy) is 2. The molecule has 0 N–H and O–H groups in total. The van der Waals surface area contributed by atoms with Crippen molar-refractivity contribution in [3.63, 3.8) is 0 Å². The second-order valence-corrected chi connectivity index (χ2v) is 8.08. The quantitative estimate of drug-likeness (QED) is 0.626. The van der Waals surface area contributed by atoms with Gasteiger partial charge in [0.05, 0.1) is 0 Å². The van der Waals surface area contributed by atoms with E-state index in [1.165, 1.54) is 11.1 Å². The maximum Gasteiger partial charge on any atom is 0.162 e. The van der Waals surface area contributed by atoms with Gasteiger partial charge in [-0.3, -0.25) is 4.90 Å². The Bertz CT molecular complexity index is 966. The van der Waals surface area contributed by atoms with Gasteiger partial charge in [0.25, 0.3) is 0 Å². The lowest BCUT2D eigenvalue weighted by molar-refractivity contribution is 0.101. The highest BCUT2D eigenvalue weighted by Crippen LogP contribution is 2.28. The van der Waals surface area contributed by atoms with E-state index in [0.717, 1.165) is 69.4 Å². The molecule has 2 aliphatic rings. The smallest absolute Gasteiger partial charge is 0.162 e. The average molecular weight is 405 g/mol. The summed E-state index contributed by atoms with van der Waals surface area (Å²) in [6, 6.07) is 18.7. The lowest BCUT2D eigenvalue weighted by Crippen LogP contribution is -2.27. The van der Waals surface area contributed by atoms with Gasteiger partial charge < -0.3 is 14.0 Å². The summed E-state index contributed by atoms with van der Waals surface area (Å²) in [5, 5.41) is 8.90. The van der Waals surface area contributed by atoms with Crippen molar-refractivity contribution in [2.45, 2.75) is 45.1 Å². The molecule has 1 saturated heterocycles. The number of benzene rings is 2. The molecule has 0 bridgehead atoms. The van der Waals surface area contributed by atoms with Crippen LogP contribution in [-0.4, -0.2) is 39.4 Å². The van der Waals surface area contributed by atoms with Gasteiger partial charge in [0.1, 0.15) is 24.3 Å². The zero-order valence-electron chi connectivity index (χ0n) is 17.2. The monoisotopic (exact) mass is 404 g/mol. The summed E-state index contributed by atoms with van der Waals surface area (Å²) in [5.41, 5.74) is 2.46. The van der Waals surface area contributed by atoms with Gasteiger partial charge in [-0.2, -0.15) is 0 Å². The number of rotatable bonds is 6. The predicted octanol–water partition coefficient (Wildman–Crippen LogP) is 3.77. The minimum atomic E-state index is 0.122. The third kappa shape index (κ3) is 4.40. The molecule has 3 heterocycles. The minimum absolute atomic E-state index is 0.122. The van der Waals surface area contributed by atoms with Crippen molar-refractivity contribution in [3.8, 4) is 5.75 Å². The molecule has 3 aromatic rings. The summed E-state index contributed by atoms with van der Waals surface area (Å²) in [6.07, 6.45) is 3.21. The van der Waals surface area contributed by atoms with Gasteiger partial charge in [-0.05, 0) is 36.1 Å². The topological polar surface area (TPSA) is 52.4 Å². The van der Waals surface area contributed by atoms with Crippen molar-refractivity contribution in [3.05, 3.63) is 77.4 Å². The van der Waals surface area contributed by atoms with Crippen LogP contribution in [0.5, 0.6) is 5.75 Å². The van der Waals surface area contributed by atoms with E-state index in [4.69, 9.17) is 9.47 Å². The largest absolute Gasteiger partial charge is 0.489 e. The lowest BCUT2D eigenvalue weighted by Gasteiger charge is -2.20. The summed E-state index contributed by atoms with van der Waals surface area (Å²) in [4.78, 5) is 2.49. The third-order valence-corrected chi connectivity index (χ3v) is 5.92. The van der Waals surface area contributed by atoms with Crippen molar-refractivity contribution in [2.75, 3.05) is 19.7 Å². The van der Waals surface area contributed by atoms with Crippen LogP contribution in [0.1, 0.15) is 41.7 Å². The first-order chi connectivity index (χ1) is 14.8. The van der Waals surface area contributed by atoms with E-state index >= 15 is 0 Å². The van der Waals surface area contributed by atoms with Crippen molar-refractivity contribution >= 4 is 0 Å². The Morgan fingerprint density at radius 1 is 0.967 bits per heavy atom. The van der Waals surface area contributed by atoms with E-state index in [1.807, 2.05) is 24.3 Å². The molecule has 1 fully saturated rings. The summed E-state index contributed by atoms with van der Waals surface area (Å²) in [7, 11) is 0. The molecule has 6 nitrogen and oxygen atoms in total. The molecule has 1 atom stereocenters. The molecular formula is C24H28N4O2. The van der Waals surface area contributed by atoms with Gasteiger partial charge in [0.2, 0.25) is 0 Å². The van der Waals surface area contributed by atoms with Crippen LogP contribution in [0.15, 0.2) is 54.6 Å². The molecule has 0 spiro atoms. The van der Waals surface area contributed by atoms with E-state index < -0.39 is 0 Å². The number of fused-ring (bicyclic) bond motifs is 1. The average Bonchev–Trinajstić information content (AvgIpc) is 3.41. The van der Waals surface area contributed by atoms with Gasteiger partial charge in [-0.15, -0.1) is 10.2 Å². The van der Waals surface area contributed by atoms with Crippen LogP contribution in [0.4, 0.5) is 0 Å². The van der Waals surface area contributed by atoms with Crippen LogP contribution in [0.3, 0.4) is 0 Å². The Labute approximate surface area is 177 Å². The highest BCUT2D eigenvalue weighted by Gasteiger charge is 2.27. The van der Waals surface area contributed by atoms with Crippen molar-refractivity contribution in [2.24, 2.45) is 0 Å². The number of hydrogen-bond donors (Lipinski definition) is 0. The second kappa shape index (κ2) is 8.98. The van der Waals surface area contributed by atoms with E-state index in [2.05, 4.69) is 50.0 Å². The fraction of sp³-hybridized carbons (Fsp3) is 0.417. The van der Waals surface area contributed by atoms with Crippen molar-refractivity contribution in [1.29, 1.82) is 0 Å². The van der Waals surface area contributed by atoms with E-state index in [-0.39, 0.29) is 6.10 Å². The molecule has 0 saturated carbocycles. The first-order valence-corrected chi connectivity index (χ1v) is 10.9. The van der Waals surface area contributed by atoms with Gasteiger partial charge in [0, 0.05) is 39.2 Å². The van der Waals surface area contributed by atoms with Crippen molar-refractivity contribution in [1.82, 2.24) is 19.7 Å². The lowest BCUT2D eigenvalue weighted by atomic mass is 10.2. The molecule has 2 aliphatic heterocycles. The van der Waals surface area contributed by atoms with E-state index in [1.54, 1.807) is 0 Å². The standard InChI is InChI=1S/C24H28N4O2/c1-2-6-19(7-3-1)18-30-21-9-4-8-20(16-21)17-27-12-11-23-25-26-24(28(23)14-13-27)22-10-5-15-29-22/h1-4,6-9,16,22H,5,10-15,17-18H2. The molecule has 30 heavy (non-hydrogen) atoms. The maximum atomic E-state index is 6.00. The fourth-order valence-electron chi connectivity index (χ4n) is 4.30. The molecule has 156 valence electrons. The molecular weight excluding hydrogens is 376 g/mol. The van der Waals surface area contributed by atoms with Gasteiger partial charge in [-0.1, -0.05) is 42.5 Å². The van der Waals surface area contributed by atoms with E-state index in [0.29, 0.717) is 6.61 Å². The number of aromatic nitrogens is 3. The highest BCUT2D eigenvalue weighted by atomic mass is 16.5. The molecule has 1 unspecified atom stereocenters.